The number of aromatic nitrogens is 3. The number of rotatable bonds is 3. The van der Waals surface area contributed by atoms with E-state index < -0.39 is 0 Å². The summed E-state index contributed by atoms with van der Waals surface area (Å²) in [5.41, 5.74) is 7.20. The Morgan fingerprint density at radius 1 is 0.449 bits per heavy atom. The zero-order valence-electron chi connectivity index (χ0n) is 26.9. The number of para-hydroxylation sites is 1. The number of hydrogen-bond donors (Lipinski definition) is 0. The molecule has 232 valence electrons. The molecule has 5 nitrogen and oxygen atoms in total. The summed E-state index contributed by atoms with van der Waals surface area (Å²) >= 11 is 0. The second-order valence-corrected chi connectivity index (χ2v) is 13.2. The summed E-state index contributed by atoms with van der Waals surface area (Å²) in [4.78, 5) is 15.1. The summed E-state index contributed by atoms with van der Waals surface area (Å²) in [6, 6.07) is 47.9. The molecule has 0 saturated carbocycles. The number of benzene rings is 7. The lowest BCUT2D eigenvalue weighted by Crippen LogP contribution is -2.15. The summed E-state index contributed by atoms with van der Waals surface area (Å²) < 4.78 is 13.5. The first kappa shape index (κ1) is 27.8. The average Bonchev–Trinajstić information content (AvgIpc) is 3.40. The van der Waals surface area contributed by atoms with E-state index in [1.807, 2.05) is 54.6 Å². The van der Waals surface area contributed by atoms with Gasteiger partial charge in [0.2, 0.25) is 0 Å². The fourth-order valence-electron chi connectivity index (χ4n) is 7.52. The molecule has 0 radical (unpaired) electrons. The Labute approximate surface area is 283 Å². The van der Waals surface area contributed by atoms with Gasteiger partial charge in [-0.25, -0.2) is 15.0 Å². The molecule has 10 rings (SSSR count). The topological polar surface area (TPSA) is 57.1 Å². The van der Waals surface area contributed by atoms with Gasteiger partial charge in [0, 0.05) is 22.1 Å². The van der Waals surface area contributed by atoms with Crippen molar-refractivity contribution in [3.05, 3.63) is 151 Å². The van der Waals surface area contributed by atoms with E-state index in [0.717, 1.165) is 33.4 Å². The van der Waals surface area contributed by atoms with E-state index in [9.17, 15) is 0 Å². The molecule has 49 heavy (non-hydrogen) atoms. The van der Waals surface area contributed by atoms with Crippen LogP contribution in [0.1, 0.15) is 25.0 Å². The van der Waals surface area contributed by atoms with Crippen molar-refractivity contribution in [1.82, 2.24) is 15.0 Å². The molecule has 1 aliphatic heterocycles. The van der Waals surface area contributed by atoms with Gasteiger partial charge in [-0.2, -0.15) is 0 Å². The van der Waals surface area contributed by atoms with Crippen LogP contribution in [0.4, 0.5) is 0 Å². The molecule has 2 aliphatic rings. The van der Waals surface area contributed by atoms with Crippen LogP contribution in [-0.4, -0.2) is 15.0 Å². The van der Waals surface area contributed by atoms with E-state index in [0.29, 0.717) is 34.7 Å². The van der Waals surface area contributed by atoms with Crippen molar-refractivity contribution in [3.63, 3.8) is 0 Å². The second kappa shape index (κ2) is 10.3. The third kappa shape index (κ3) is 4.22. The van der Waals surface area contributed by atoms with Gasteiger partial charge in [-0.1, -0.05) is 129 Å². The zero-order valence-corrected chi connectivity index (χ0v) is 26.9. The van der Waals surface area contributed by atoms with Crippen molar-refractivity contribution < 1.29 is 9.47 Å². The normalized spacial score (nSPS) is 13.6. The molecule has 0 bridgehead atoms. The highest BCUT2D eigenvalue weighted by molar-refractivity contribution is 6.08. The van der Waals surface area contributed by atoms with Crippen molar-refractivity contribution in [2.75, 3.05) is 0 Å². The van der Waals surface area contributed by atoms with Gasteiger partial charge in [0.25, 0.3) is 0 Å². The van der Waals surface area contributed by atoms with Crippen molar-refractivity contribution in [1.29, 1.82) is 0 Å². The minimum atomic E-state index is -0.141. The average molecular weight is 632 g/mol. The molecule has 7 aromatic carbocycles. The second-order valence-electron chi connectivity index (χ2n) is 13.2. The Balaban J connectivity index is 1.12. The van der Waals surface area contributed by atoms with Crippen LogP contribution in [0.25, 0.3) is 66.8 Å². The van der Waals surface area contributed by atoms with Crippen molar-refractivity contribution in [2.24, 2.45) is 0 Å². The maximum Gasteiger partial charge on any atom is 0.181 e. The molecule has 0 spiro atoms. The van der Waals surface area contributed by atoms with E-state index in [2.05, 4.69) is 98.8 Å². The lowest BCUT2D eigenvalue weighted by Gasteiger charge is -2.26. The van der Waals surface area contributed by atoms with Gasteiger partial charge >= 0.3 is 0 Å². The molecule has 1 aliphatic carbocycles. The molecule has 1 aromatic heterocycles. The fourth-order valence-corrected chi connectivity index (χ4v) is 7.52. The van der Waals surface area contributed by atoms with Crippen molar-refractivity contribution in [3.8, 4) is 68.3 Å². The lowest BCUT2D eigenvalue weighted by atomic mass is 9.82. The third-order valence-electron chi connectivity index (χ3n) is 9.98. The molecule has 0 fully saturated rings. The SMILES string of the molecule is CC1(C)c2ccccc2-c2c1ccc1c2Oc2cccc(-c3nc(-c4ccccc4)nc(-c4ccc5c(ccc6ccccc65)c4)n3)c2O1. The molecule has 5 heteroatoms. The highest BCUT2D eigenvalue weighted by Gasteiger charge is 2.40. The molecule has 0 amide bonds. The predicted octanol–water partition coefficient (Wildman–Crippen LogP) is 11.4. The highest BCUT2D eigenvalue weighted by atomic mass is 16.6. The quantitative estimate of drug-likeness (QED) is 0.182. The summed E-state index contributed by atoms with van der Waals surface area (Å²) in [5, 5.41) is 4.76. The van der Waals surface area contributed by atoms with Crippen molar-refractivity contribution in [2.45, 2.75) is 19.3 Å². The highest BCUT2D eigenvalue weighted by Crippen LogP contribution is 2.59. The first-order valence-electron chi connectivity index (χ1n) is 16.5. The van der Waals surface area contributed by atoms with E-state index >= 15 is 0 Å². The Morgan fingerprint density at radius 2 is 1.12 bits per heavy atom. The number of fused-ring (bicyclic) bond motifs is 9. The summed E-state index contributed by atoms with van der Waals surface area (Å²) in [7, 11) is 0. The van der Waals surface area contributed by atoms with Crippen LogP contribution in [-0.2, 0) is 5.41 Å². The minimum absolute atomic E-state index is 0.141. The van der Waals surface area contributed by atoms with Gasteiger partial charge in [-0.05, 0) is 62.5 Å². The van der Waals surface area contributed by atoms with E-state index in [4.69, 9.17) is 24.4 Å². The third-order valence-corrected chi connectivity index (χ3v) is 9.98. The first-order chi connectivity index (χ1) is 24.0. The maximum atomic E-state index is 6.75. The van der Waals surface area contributed by atoms with Crippen LogP contribution in [0.15, 0.2) is 140 Å². The smallest absolute Gasteiger partial charge is 0.181 e. The lowest BCUT2D eigenvalue weighted by molar-refractivity contribution is 0.361. The van der Waals surface area contributed by atoms with Gasteiger partial charge in [-0.15, -0.1) is 0 Å². The Hall–Kier alpha value is -6.33. The van der Waals surface area contributed by atoms with Crippen LogP contribution >= 0.6 is 0 Å². The maximum absolute atomic E-state index is 6.75. The molecule has 2 heterocycles. The molecule has 0 unspecified atom stereocenters. The number of nitrogens with zero attached hydrogens (tertiary/aromatic N) is 3. The predicted molar refractivity (Wildman–Crippen MR) is 195 cm³/mol. The minimum Gasteiger partial charge on any atom is -0.449 e. The van der Waals surface area contributed by atoms with Crippen LogP contribution in [0.5, 0.6) is 23.0 Å². The van der Waals surface area contributed by atoms with Crippen LogP contribution < -0.4 is 9.47 Å². The van der Waals surface area contributed by atoms with E-state index in [-0.39, 0.29) is 5.41 Å². The van der Waals surface area contributed by atoms with Crippen molar-refractivity contribution >= 4 is 21.5 Å². The number of ether oxygens (including phenoxy) is 2. The Bertz CT molecular complexity index is 2650. The summed E-state index contributed by atoms with van der Waals surface area (Å²) in [6.07, 6.45) is 0. The molecular formula is C44H29N3O2. The molecular weight excluding hydrogens is 603 g/mol. The van der Waals surface area contributed by atoms with Crippen LogP contribution in [0, 0.1) is 0 Å². The number of hydrogen-bond acceptors (Lipinski definition) is 5. The van der Waals surface area contributed by atoms with Gasteiger partial charge < -0.3 is 9.47 Å². The zero-order chi connectivity index (χ0) is 32.7. The van der Waals surface area contributed by atoms with Gasteiger partial charge in [0.15, 0.2) is 40.5 Å². The molecule has 8 aromatic rings. The fraction of sp³-hybridized carbons (Fsp3) is 0.0682. The Kier molecular flexibility index (Phi) is 5.85. The Morgan fingerprint density at radius 3 is 2.02 bits per heavy atom. The summed E-state index contributed by atoms with van der Waals surface area (Å²) in [6.45, 7) is 4.53. The van der Waals surface area contributed by atoms with Gasteiger partial charge in [0.1, 0.15) is 0 Å². The summed E-state index contributed by atoms with van der Waals surface area (Å²) in [5.74, 6) is 4.31. The monoisotopic (exact) mass is 631 g/mol. The largest absolute Gasteiger partial charge is 0.449 e. The first-order valence-corrected chi connectivity index (χ1v) is 16.5. The standard InChI is InChI=1S/C44H29N3O2/c1-44(2)34-17-9-8-15-32(34)38-35(44)23-24-37-40(38)49-36-18-10-16-33(39(36)48-37)43-46-41(27-12-4-3-5-13-27)45-42(47-43)29-21-22-31-28(25-29)20-19-26-11-6-7-14-30(26)31/h3-25H,1-2H3. The molecule has 0 saturated heterocycles. The van der Waals surface area contributed by atoms with E-state index in [1.165, 1.54) is 32.8 Å². The molecule has 0 atom stereocenters. The van der Waals surface area contributed by atoms with Crippen LogP contribution in [0.3, 0.4) is 0 Å². The van der Waals surface area contributed by atoms with Gasteiger partial charge in [0.05, 0.1) is 5.56 Å². The van der Waals surface area contributed by atoms with Gasteiger partial charge in [-0.3, -0.25) is 0 Å². The molecule has 0 N–H and O–H groups in total. The van der Waals surface area contributed by atoms with E-state index in [1.54, 1.807) is 0 Å². The van der Waals surface area contributed by atoms with Crippen LogP contribution in [0.2, 0.25) is 0 Å².